The second-order valence-corrected chi connectivity index (χ2v) is 9.00. The minimum atomic E-state index is -0.540. The summed E-state index contributed by atoms with van der Waals surface area (Å²) in [7, 11) is 0. The van der Waals surface area contributed by atoms with Crippen LogP contribution in [0.4, 0.5) is 11.4 Å². The van der Waals surface area contributed by atoms with Gasteiger partial charge in [-0.2, -0.15) is 0 Å². The van der Waals surface area contributed by atoms with Crippen LogP contribution in [0.3, 0.4) is 0 Å². The van der Waals surface area contributed by atoms with E-state index in [1.165, 1.54) is 5.69 Å². The van der Waals surface area contributed by atoms with Crippen molar-refractivity contribution in [1.29, 1.82) is 0 Å². The van der Waals surface area contributed by atoms with Crippen LogP contribution in [0, 0.1) is 6.57 Å². The van der Waals surface area contributed by atoms with Gasteiger partial charge in [-0.05, 0) is 67.2 Å². The molecule has 2 aromatic carbocycles. The number of hydrogen-bond donors (Lipinski definition) is 2. The van der Waals surface area contributed by atoms with Crippen molar-refractivity contribution >= 4 is 22.3 Å². The first-order valence-electron chi connectivity index (χ1n) is 12.0. The lowest BCUT2D eigenvalue weighted by Gasteiger charge is -2.36. The van der Waals surface area contributed by atoms with E-state index < -0.39 is 6.10 Å². The lowest BCUT2D eigenvalue weighted by atomic mass is 10.0. The predicted octanol–water partition coefficient (Wildman–Crippen LogP) is 4.51. The largest absolute Gasteiger partial charge is 0.388 e. The van der Waals surface area contributed by atoms with Crippen molar-refractivity contribution in [2.24, 2.45) is 0 Å². The summed E-state index contributed by atoms with van der Waals surface area (Å²) in [4.78, 5) is 23.6. The number of piperazine rings is 1. The van der Waals surface area contributed by atoms with Crippen molar-refractivity contribution in [1.82, 2.24) is 14.5 Å². The predicted molar refractivity (Wildman–Crippen MR) is 139 cm³/mol. The average Bonchev–Trinajstić information content (AvgIpc) is 3.33. The molecule has 4 aromatic rings. The van der Waals surface area contributed by atoms with Gasteiger partial charge in [0.05, 0.1) is 12.7 Å². The summed E-state index contributed by atoms with van der Waals surface area (Å²) in [5.74, 6) is 0. The Morgan fingerprint density at radius 2 is 1.77 bits per heavy atom. The fourth-order valence-electron chi connectivity index (χ4n) is 4.83. The van der Waals surface area contributed by atoms with Crippen molar-refractivity contribution < 1.29 is 5.11 Å². The van der Waals surface area contributed by atoms with Crippen LogP contribution >= 0.6 is 0 Å². The minimum absolute atomic E-state index is 0.0307. The zero-order valence-electron chi connectivity index (χ0n) is 19.6. The van der Waals surface area contributed by atoms with Gasteiger partial charge >= 0.3 is 0 Å². The molecule has 2 aromatic heterocycles. The van der Waals surface area contributed by atoms with Gasteiger partial charge in [-0.25, -0.2) is 4.85 Å². The van der Waals surface area contributed by atoms with Crippen LogP contribution in [-0.4, -0.2) is 52.3 Å². The number of aliphatic hydroxyl groups excluding tert-OH is 1. The molecule has 0 radical (unpaired) electrons. The molecule has 1 aliphatic rings. The molecule has 7 heteroatoms. The van der Waals surface area contributed by atoms with E-state index in [-0.39, 0.29) is 5.56 Å². The summed E-state index contributed by atoms with van der Waals surface area (Å²) in [5, 5.41) is 11.7. The Kier molecular flexibility index (Phi) is 6.66. The number of anilines is 1. The van der Waals surface area contributed by atoms with E-state index in [4.69, 9.17) is 6.57 Å². The second-order valence-electron chi connectivity index (χ2n) is 9.00. The Morgan fingerprint density at radius 1 is 1.00 bits per heavy atom. The molecule has 2 N–H and O–H groups in total. The summed E-state index contributed by atoms with van der Waals surface area (Å²) in [5.41, 5.74) is 4.43. The van der Waals surface area contributed by atoms with Crippen molar-refractivity contribution in [3.8, 4) is 5.69 Å². The van der Waals surface area contributed by atoms with Crippen LogP contribution in [0.2, 0.25) is 0 Å². The third-order valence-corrected chi connectivity index (χ3v) is 6.83. The lowest BCUT2D eigenvalue weighted by molar-refractivity contribution is 0.155. The van der Waals surface area contributed by atoms with E-state index in [0.717, 1.165) is 61.3 Å². The second kappa shape index (κ2) is 10.2. The van der Waals surface area contributed by atoms with E-state index >= 15 is 0 Å². The summed E-state index contributed by atoms with van der Waals surface area (Å²) < 4.78 is 1.65. The quantitative estimate of drug-likeness (QED) is 0.393. The molecule has 178 valence electrons. The van der Waals surface area contributed by atoms with Crippen molar-refractivity contribution in [2.75, 3.05) is 37.6 Å². The van der Waals surface area contributed by atoms with E-state index in [9.17, 15) is 9.90 Å². The van der Waals surface area contributed by atoms with Crippen LogP contribution in [0.5, 0.6) is 0 Å². The highest BCUT2D eigenvalue weighted by atomic mass is 16.3. The van der Waals surface area contributed by atoms with Crippen molar-refractivity contribution in [2.45, 2.75) is 18.9 Å². The average molecular weight is 468 g/mol. The van der Waals surface area contributed by atoms with E-state index in [2.05, 4.69) is 31.8 Å². The standard InChI is InChI=1S/C28H29N5O2/c1-29-21-7-12-26-24(19-21)25(20-30-26)27(34)5-4-13-31-15-17-32(18-16-31)22-8-10-23(11-9-22)33-14-3-2-6-28(33)35/h2-3,6-12,14,19-20,27,30,34H,4-5,13,15-18H2. The number of aromatic amines is 1. The number of H-pyrrole nitrogens is 1. The fourth-order valence-corrected chi connectivity index (χ4v) is 4.83. The highest BCUT2D eigenvalue weighted by Crippen LogP contribution is 2.30. The number of aliphatic hydroxyl groups is 1. The van der Waals surface area contributed by atoms with E-state index in [1.807, 2.05) is 36.5 Å². The molecule has 0 saturated carbocycles. The van der Waals surface area contributed by atoms with Gasteiger partial charge in [-0.15, -0.1) is 0 Å². The number of benzene rings is 2. The summed E-state index contributed by atoms with van der Waals surface area (Å²) in [6.07, 6.45) is 4.71. The monoisotopic (exact) mass is 467 g/mol. The van der Waals surface area contributed by atoms with Crippen molar-refractivity contribution in [3.63, 3.8) is 0 Å². The summed E-state index contributed by atoms with van der Waals surface area (Å²) >= 11 is 0. The van der Waals surface area contributed by atoms with Crippen LogP contribution < -0.4 is 10.5 Å². The minimum Gasteiger partial charge on any atom is -0.388 e. The summed E-state index contributed by atoms with van der Waals surface area (Å²) in [6, 6.07) is 18.9. The molecule has 7 nitrogen and oxygen atoms in total. The third-order valence-electron chi connectivity index (χ3n) is 6.83. The van der Waals surface area contributed by atoms with E-state index in [1.54, 1.807) is 29.0 Å². The van der Waals surface area contributed by atoms with E-state index in [0.29, 0.717) is 12.1 Å². The van der Waals surface area contributed by atoms with Gasteiger partial charge < -0.3 is 15.0 Å². The van der Waals surface area contributed by atoms with Gasteiger partial charge in [-0.1, -0.05) is 12.1 Å². The molecule has 1 aliphatic heterocycles. The smallest absolute Gasteiger partial charge is 0.255 e. The van der Waals surface area contributed by atoms with Crippen LogP contribution in [0.15, 0.2) is 77.9 Å². The first-order valence-corrected chi connectivity index (χ1v) is 12.0. The number of nitrogens with zero attached hydrogens (tertiary/aromatic N) is 4. The lowest BCUT2D eigenvalue weighted by Crippen LogP contribution is -2.46. The zero-order chi connectivity index (χ0) is 24.2. The number of nitrogens with one attached hydrogen (secondary N) is 1. The van der Waals surface area contributed by atoms with Gasteiger partial charge in [0.1, 0.15) is 0 Å². The Balaban J connectivity index is 1.11. The SMILES string of the molecule is [C-]#[N+]c1ccc2[nH]cc(C(O)CCCN3CCN(c4ccc(-n5ccccc5=O)cc4)CC3)c2c1. The van der Waals surface area contributed by atoms with Gasteiger partial charge in [0, 0.05) is 67.1 Å². The maximum atomic E-state index is 12.0. The molecule has 0 spiro atoms. The number of rotatable bonds is 7. The molecule has 35 heavy (non-hydrogen) atoms. The number of fused-ring (bicyclic) bond motifs is 1. The van der Waals surface area contributed by atoms with Gasteiger partial charge in [0.2, 0.25) is 0 Å². The van der Waals surface area contributed by atoms with Gasteiger partial charge in [0.25, 0.3) is 5.56 Å². The Morgan fingerprint density at radius 3 is 2.51 bits per heavy atom. The molecule has 0 bridgehead atoms. The highest BCUT2D eigenvalue weighted by molar-refractivity contribution is 5.87. The molecule has 5 rings (SSSR count). The molecular formula is C28H29N5O2. The first kappa shape index (κ1) is 22.9. The molecule has 1 atom stereocenters. The molecule has 1 saturated heterocycles. The molecule has 0 amide bonds. The van der Waals surface area contributed by atoms with Gasteiger partial charge in [-0.3, -0.25) is 14.3 Å². The molecule has 0 aliphatic carbocycles. The van der Waals surface area contributed by atoms with Crippen LogP contribution in [0.1, 0.15) is 24.5 Å². The number of aromatic nitrogens is 2. The topological polar surface area (TPSA) is 68.9 Å². The molecule has 1 fully saturated rings. The Bertz CT molecular complexity index is 1390. The molecule has 1 unspecified atom stereocenters. The van der Waals surface area contributed by atoms with Gasteiger partial charge in [0.15, 0.2) is 5.69 Å². The van der Waals surface area contributed by atoms with Crippen molar-refractivity contribution in [3.05, 3.63) is 100 Å². The molecular weight excluding hydrogens is 438 g/mol. The first-order chi connectivity index (χ1) is 17.1. The fraction of sp³-hybridized carbons (Fsp3) is 0.286. The third kappa shape index (κ3) is 4.99. The number of hydrogen-bond acceptors (Lipinski definition) is 4. The maximum Gasteiger partial charge on any atom is 0.255 e. The number of pyridine rings is 1. The normalized spacial score (nSPS) is 15.3. The Labute approximate surface area is 204 Å². The maximum absolute atomic E-state index is 12.0. The Hall–Kier alpha value is -3.86. The van der Waals surface area contributed by atoms with Crippen LogP contribution in [-0.2, 0) is 0 Å². The summed E-state index contributed by atoms with van der Waals surface area (Å²) in [6.45, 7) is 12.1. The molecule has 3 heterocycles. The zero-order valence-corrected chi connectivity index (χ0v) is 19.6. The van der Waals surface area contributed by atoms with Crippen LogP contribution in [0.25, 0.3) is 21.4 Å². The highest BCUT2D eigenvalue weighted by Gasteiger charge is 2.18.